The quantitative estimate of drug-likeness (QED) is 0.934. The van der Waals surface area contributed by atoms with Crippen LogP contribution in [0.3, 0.4) is 0 Å². The van der Waals surface area contributed by atoms with Gasteiger partial charge in [0.15, 0.2) is 0 Å². The van der Waals surface area contributed by atoms with Crippen molar-refractivity contribution in [1.29, 1.82) is 0 Å². The van der Waals surface area contributed by atoms with E-state index in [9.17, 15) is 4.79 Å². The van der Waals surface area contributed by atoms with E-state index in [2.05, 4.69) is 4.98 Å². The molecule has 23 heavy (non-hydrogen) atoms. The maximum atomic E-state index is 12.1. The zero-order chi connectivity index (χ0) is 16.1. The van der Waals surface area contributed by atoms with Crippen LogP contribution in [-0.4, -0.2) is 29.1 Å². The third kappa shape index (κ3) is 4.09. The number of hydrogen-bond donors (Lipinski definition) is 1. The van der Waals surface area contributed by atoms with Crippen LogP contribution in [0.25, 0.3) is 0 Å². The fourth-order valence-corrected chi connectivity index (χ4v) is 3.56. The Hall–Kier alpha value is -1.92. The van der Waals surface area contributed by atoms with Crippen molar-refractivity contribution in [1.82, 2.24) is 9.88 Å². The summed E-state index contributed by atoms with van der Waals surface area (Å²) < 4.78 is 5.36. The predicted molar refractivity (Wildman–Crippen MR) is 90.0 cm³/mol. The van der Waals surface area contributed by atoms with E-state index < -0.39 is 0 Å². The predicted octanol–water partition coefficient (Wildman–Crippen LogP) is 3.19. The molecule has 0 radical (unpaired) electrons. The summed E-state index contributed by atoms with van der Waals surface area (Å²) in [6.07, 6.45) is 5.11. The molecule has 1 fully saturated rings. The Bertz CT molecular complexity index is 610. The number of carbonyl (C=O) groups excluding carboxylic acids is 1. The number of thiophene rings is 1. The molecule has 3 rings (SSSR count). The smallest absolute Gasteiger partial charge is 0.410 e. The van der Waals surface area contributed by atoms with Crippen LogP contribution in [0, 0.1) is 5.92 Å². The second-order valence-corrected chi connectivity index (χ2v) is 6.60. The molecule has 1 saturated heterocycles. The highest BCUT2D eigenvalue weighted by Crippen LogP contribution is 2.28. The summed E-state index contributed by atoms with van der Waals surface area (Å²) in [5, 5.41) is 3.97. The summed E-state index contributed by atoms with van der Waals surface area (Å²) in [6.45, 7) is 1.75. The number of aromatic nitrogens is 1. The number of amides is 1. The minimum atomic E-state index is -0.230. The largest absolute Gasteiger partial charge is 0.445 e. The molecule has 0 aromatic carbocycles. The van der Waals surface area contributed by atoms with Crippen molar-refractivity contribution in [3.8, 4) is 0 Å². The van der Waals surface area contributed by atoms with Crippen LogP contribution in [-0.2, 0) is 11.3 Å². The van der Waals surface area contributed by atoms with Gasteiger partial charge in [-0.2, -0.15) is 11.3 Å². The lowest BCUT2D eigenvalue weighted by Gasteiger charge is -2.34. The van der Waals surface area contributed by atoms with E-state index in [4.69, 9.17) is 10.5 Å². The molecule has 3 heterocycles. The normalized spacial score (nSPS) is 17.0. The number of hydrogen-bond acceptors (Lipinski definition) is 5. The highest BCUT2D eigenvalue weighted by atomic mass is 32.1. The van der Waals surface area contributed by atoms with Crippen LogP contribution in [0.1, 0.15) is 30.0 Å². The van der Waals surface area contributed by atoms with Gasteiger partial charge in [0.2, 0.25) is 0 Å². The van der Waals surface area contributed by atoms with Crippen LogP contribution < -0.4 is 5.73 Å². The molecular formula is C17H21N3O2S. The first-order valence-electron chi connectivity index (χ1n) is 7.82. The molecule has 0 saturated carbocycles. The zero-order valence-electron chi connectivity index (χ0n) is 12.9. The van der Waals surface area contributed by atoms with E-state index in [1.165, 1.54) is 0 Å². The SMILES string of the molecule is NC(c1ccncc1)C1CCN(C(=O)OCc2ccsc2)CC1. The van der Waals surface area contributed by atoms with Gasteiger partial charge in [0, 0.05) is 37.1 Å². The van der Waals surface area contributed by atoms with Gasteiger partial charge in [-0.25, -0.2) is 4.79 Å². The molecule has 1 atom stereocenters. The maximum Gasteiger partial charge on any atom is 0.410 e. The summed E-state index contributed by atoms with van der Waals surface area (Å²) in [5.41, 5.74) is 8.50. The Labute approximate surface area is 140 Å². The van der Waals surface area contributed by atoms with E-state index in [-0.39, 0.29) is 12.1 Å². The first-order valence-corrected chi connectivity index (χ1v) is 8.76. The maximum absolute atomic E-state index is 12.1. The third-order valence-corrected chi connectivity index (χ3v) is 5.07. The molecule has 0 aliphatic carbocycles. The molecule has 6 heteroatoms. The lowest BCUT2D eigenvalue weighted by atomic mass is 9.86. The number of likely N-dealkylation sites (tertiary alicyclic amines) is 1. The number of piperidine rings is 1. The molecule has 2 aromatic heterocycles. The van der Waals surface area contributed by atoms with Crippen LogP contribution in [0.15, 0.2) is 41.4 Å². The van der Waals surface area contributed by atoms with Gasteiger partial charge in [-0.3, -0.25) is 4.98 Å². The lowest BCUT2D eigenvalue weighted by molar-refractivity contribution is 0.0798. The van der Waals surface area contributed by atoms with E-state index in [0.717, 1.165) is 24.0 Å². The third-order valence-electron chi connectivity index (χ3n) is 4.34. The highest BCUT2D eigenvalue weighted by Gasteiger charge is 2.28. The fourth-order valence-electron chi connectivity index (χ4n) is 2.91. The molecule has 1 aliphatic rings. The van der Waals surface area contributed by atoms with Gasteiger partial charge in [0.25, 0.3) is 0 Å². The number of pyridine rings is 1. The zero-order valence-corrected chi connectivity index (χ0v) is 13.7. The van der Waals surface area contributed by atoms with E-state index in [1.807, 2.05) is 29.0 Å². The molecule has 2 aromatic rings. The van der Waals surface area contributed by atoms with Crippen molar-refractivity contribution < 1.29 is 9.53 Å². The van der Waals surface area contributed by atoms with E-state index >= 15 is 0 Å². The first kappa shape index (κ1) is 16.0. The second-order valence-electron chi connectivity index (χ2n) is 5.82. The number of nitrogens with two attached hydrogens (primary N) is 1. The molecule has 122 valence electrons. The number of nitrogens with zero attached hydrogens (tertiary/aromatic N) is 2. The average Bonchev–Trinajstić information content (AvgIpc) is 3.13. The summed E-state index contributed by atoms with van der Waals surface area (Å²) in [7, 11) is 0. The molecule has 1 aliphatic heterocycles. The Morgan fingerprint density at radius 3 is 2.74 bits per heavy atom. The second kappa shape index (κ2) is 7.57. The van der Waals surface area contributed by atoms with Crippen LogP contribution >= 0.6 is 11.3 Å². The summed E-state index contributed by atoms with van der Waals surface area (Å²) in [5.74, 6) is 0.387. The van der Waals surface area contributed by atoms with Crippen molar-refractivity contribution in [2.24, 2.45) is 11.7 Å². The number of ether oxygens (including phenoxy) is 1. The average molecular weight is 331 g/mol. The van der Waals surface area contributed by atoms with Gasteiger partial charge < -0.3 is 15.4 Å². The van der Waals surface area contributed by atoms with Crippen molar-refractivity contribution in [2.75, 3.05) is 13.1 Å². The Balaban J connectivity index is 1.47. The van der Waals surface area contributed by atoms with Crippen LogP contribution in [0.4, 0.5) is 4.79 Å². The molecular weight excluding hydrogens is 310 g/mol. The van der Waals surface area contributed by atoms with Gasteiger partial charge in [-0.05, 0) is 53.3 Å². The summed E-state index contributed by atoms with van der Waals surface area (Å²) >= 11 is 1.60. The minimum Gasteiger partial charge on any atom is -0.445 e. The van der Waals surface area contributed by atoms with Gasteiger partial charge in [-0.15, -0.1) is 0 Å². The number of carbonyl (C=O) groups is 1. The topological polar surface area (TPSA) is 68.5 Å². The van der Waals surface area contributed by atoms with E-state index in [1.54, 1.807) is 28.6 Å². The number of rotatable bonds is 4. The summed E-state index contributed by atoms with van der Waals surface area (Å²) in [6, 6.07) is 5.90. The molecule has 5 nitrogen and oxygen atoms in total. The first-order chi connectivity index (χ1) is 11.2. The van der Waals surface area contributed by atoms with E-state index in [0.29, 0.717) is 25.6 Å². The van der Waals surface area contributed by atoms with Gasteiger partial charge in [0.05, 0.1) is 0 Å². The van der Waals surface area contributed by atoms with Crippen molar-refractivity contribution >= 4 is 17.4 Å². The molecule has 1 amide bonds. The van der Waals surface area contributed by atoms with Crippen molar-refractivity contribution in [3.05, 3.63) is 52.5 Å². The molecule has 1 unspecified atom stereocenters. The molecule has 2 N–H and O–H groups in total. The standard InChI is InChI=1S/C17H21N3O2S/c18-16(14-1-6-19-7-2-14)15-3-8-20(9-4-15)17(21)22-11-13-5-10-23-12-13/h1-2,5-7,10,12,15-16H,3-4,8-9,11,18H2. The van der Waals surface area contributed by atoms with Gasteiger partial charge in [-0.1, -0.05) is 0 Å². The van der Waals surface area contributed by atoms with Crippen molar-refractivity contribution in [2.45, 2.75) is 25.5 Å². The summed E-state index contributed by atoms with van der Waals surface area (Å²) in [4.78, 5) is 17.9. The molecule has 0 spiro atoms. The Morgan fingerprint density at radius 2 is 2.09 bits per heavy atom. The minimum absolute atomic E-state index is 0.00183. The Morgan fingerprint density at radius 1 is 1.35 bits per heavy atom. The van der Waals surface area contributed by atoms with Crippen molar-refractivity contribution in [3.63, 3.8) is 0 Å². The fraction of sp³-hybridized carbons (Fsp3) is 0.412. The Kier molecular flexibility index (Phi) is 5.25. The van der Waals surface area contributed by atoms with Gasteiger partial charge >= 0.3 is 6.09 Å². The highest BCUT2D eigenvalue weighted by molar-refractivity contribution is 7.07. The molecule has 0 bridgehead atoms. The van der Waals surface area contributed by atoms with Crippen LogP contribution in [0.5, 0.6) is 0 Å². The van der Waals surface area contributed by atoms with Gasteiger partial charge in [0.1, 0.15) is 6.61 Å². The monoisotopic (exact) mass is 331 g/mol. The lowest BCUT2D eigenvalue weighted by Crippen LogP contribution is -2.41. The van der Waals surface area contributed by atoms with Crippen LogP contribution in [0.2, 0.25) is 0 Å².